The highest BCUT2D eigenvalue weighted by atomic mass is 19.4. The zero-order valence-electron chi connectivity index (χ0n) is 13.7. The number of alkyl halides is 3. The lowest BCUT2D eigenvalue weighted by Gasteiger charge is -2.10. The van der Waals surface area contributed by atoms with Gasteiger partial charge in [-0.2, -0.15) is 18.3 Å². The van der Waals surface area contributed by atoms with Crippen molar-refractivity contribution in [3.8, 4) is 22.6 Å². The highest BCUT2D eigenvalue weighted by Crippen LogP contribution is 2.33. The van der Waals surface area contributed by atoms with Gasteiger partial charge in [-0.05, 0) is 25.1 Å². The molecule has 0 unspecified atom stereocenters. The van der Waals surface area contributed by atoms with E-state index in [-0.39, 0.29) is 11.3 Å². The molecule has 0 amide bonds. The van der Waals surface area contributed by atoms with E-state index in [1.54, 1.807) is 24.3 Å². The average molecular weight is 354 g/mol. The second kappa shape index (κ2) is 5.94. The average Bonchev–Trinajstić information content (AvgIpc) is 3.05. The largest absolute Gasteiger partial charge is 0.433 e. The summed E-state index contributed by atoms with van der Waals surface area (Å²) in [5.41, 5.74) is 1.98. The van der Waals surface area contributed by atoms with E-state index in [0.29, 0.717) is 11.4 Å². The zero-order chi connectivity index (χ0) is 18.3. The molecule has 0 N–H and O–H groups in total. The molecule has 7 heteroatoms. The van der Waals surface area contributed by atoms with E-state index in [9.17, 15) is 13.2 Å². The first kappa shape index (κ1) is 16.3. The van der Waals surface area contributed by atoms with Gasteiger partial charge < -0.3 is 0 Å². The molecule has 1 aromatic carbocycles. The van der Waals surface area contributed by atoms with E-state index in [2.05, 4.69) is 15.1 Å². The summed E-state index contributed by atoms with van der Waals surface area (Å²) < 4.78 is 41.5. The van der Waals surface area contributed by atoms with Crippen LogP contribution >= 0.6 is 0 Å². The van der Waals surface area contributed by atoms with Crippen molar-refractivity contribution in [3.63, 3.8) is 0 Å². The Balaban J connectivity index is 1.94. The standard InChI is InChI=1S/C19H13F3N4/c1-12-5-7-13(8-6-12)15-11-18-24-16(14-4-2-3-9-23-14)10-17(19(20,21)22)26(18)25-15/h2-11H,1H3. The molecule has 0 aliphatic carbocycles. The van der Waals surface area contributed by atoms with Gasteiger partial charge in [0, 0.05) is 17.8 Å². The Morgan fingerprint density at radius 1 is 0.885 bits per heavy atom. The van der Waals surface area contributed by atoms with Crippen LogP contribution in [0.1, 0.15) is 11.3 Å². The molecule has 0 aliphatic heterocycles. The van der Waals surface area contributed by atoms with Crippen molar-refractivity contribution in [3.05, 3.63) is 72.1 Å². The third kappa shape index (κ3) is 2.92. The number of hydrogen-bond donors (Lipinski definition) is 0. The van der Waals surface area contributed by atoms with Crippen LogP contribution in [-0.2, 0) is 6.18 Å². The molecule has 0 saturated carbocycles. The van der Waals surface area contributed by atoms with Crippen molar-refractivity contribution in [2.45, 2.75) is 13.1 Å². The number of halogens is 3. The van der Waals surface area contributed by atoms with Crippen molar-refractivity contribution >= 4 is 5.65 Å². The second-order valence-corrected chi connectivity index (χ2v) is 5.90. The number of pyridine rings is 1. The SMILES string of the molecule is Cc1ccc(-c2cc3nc(-c4ccccn4)cc(C(F)(F)F)n3n2)cc1. The predicted molar refractivity (Wildman–Crippen MR) is 91.4 cm³/mol. The molecule has 0 radical (unpaired) electrons. The first-order valence-electron chi connectivity index (χ1n) is 7.88. The lowest BCUT2D eigenvalue weighted by Crippen LogP contribution is -2.13. The Hall–Kier alpha value is -3.22. The van der Waals surface area contributed by atoms with Crippen LogP contribution in [0.15, 0.2) is 60.8 Å². The predicted octanol–water partition coefficient (Wildman–Crippen LogP) is 4.79. The van der Waals surface area contributed by atoms with Crippen LogP contribution in [-0.4, -0.2) is 19.6 Å². The molecule has 26 heavy (non-hydrogen) atoms. The van der Waals surface area contributed by atoms with Gasteiger partial charge in [-0.3, -0.25) is 4.98 Å². The Morgan fingerprint density at radius 3 is 2.31 bits per heavy atom. The van der Waals surface area contributed by atoms with E-state index in [1.165, 1.54) is 6.20 Å². The maximum Gasteiger partial charge on any atom is 0.433 e. The number of benzene rings is 1. The molecule has 0 atom stereocenters. The van der Waals surface area contributed by atoms with Gasteiger partial charge in [0.1, 0.15) is 0 Å². The summed E-state index contributed by atoms with van der Waals surface area (Å²) >= 11 is 0. The molecule has 4 nitrogen and oxygen atoms in total. The third-order valence-electron chi connectivity index (χ3n) is 3.99. The lowest BCUT2D eigenvalue weighted by atomic mass is 10.1. The van der Waals surface area contributed by atoms with Crippen molar-refractivity contribution in [1.82, 2.24) is 19.6 Å². The summed E-state index contributed by atoms with van der Waals surface area (Å²) in [7, 11) is 0. The van der Waals surface area contributed by atoms with Gasteiger partial charge in [0.25, 0.3) is 0 Å². The molecule has 4 aromatic rings. The van der Waals surface area contributed by atoms with Gasteiger partial charge in [-0.25, -0.2) is 9.50 Å². The first-order chi connectivity index (χ1) is 12.4. The fourth-order valence-corrected chi connectivity index (χ4v) is 2.69. The van der Waals surface area contributed by atoms with Gasteiger partial charge in [-0.1, -0.05) is 35.9 Å². The Kier molecular flexibility index (Phi) is 3.72. The molecule has 0 aliphatic rings. The summed E-state index contributed by atoms with van der Waals surface area (Å²) in [4.78, 5) is 8.42. The molecular weight excluding hydrogens is 341 g/mol. The normalized spacial score (nSPS) is 11.8. The molecule has 0 bridgehead atoms. The number of nitrogens with zero attached hydrogens (tertiary/aromatic N) is 4. The van der Waals surface area contributed by atoms with E-state index >= 15 is 0 Å². The summed E-state index contributed by atoms with van der Waals surface area (Å²) in [5.74, 6) is 0. The van der Waals surface area contributed by atoms with Crippen LogP contribution < -0.4 is 0 Å². The van der Waals surface area contributed by atoms with Gasteiger partial charge in [0.05, 0.1) is 17.1 Å². The summed E-state index contributed by atoms with van der Waals surface area (Å²) in [6.45, 7) is 1.94. The fourth-order valence-electron chi connectivity index (χ4n) is 2.69. The van der Waals surface area contributed by atoms with Gasteiger partial charge in [0.2, 0.25) is 0 Å². The molecule has 0 fully saturated rings. The zero-order valence-corrected chi connectivity index (χ0v) is 13.7. The number of aryl methyl sites for hydroxylation is 1. The Morgan fingerprint density at radius 2 is 1.65 bits per heavy atom. The number of fused-ring (bicyclic) bond motifs is 1. The number of hydrogen-bond acceptors (Lipinski definition) is 3. The van der Waals surface area contributed by atoms with E-state index < -0.39 is 11.9 Å². The molecule has 4 rings (SSSR count). The Bertz CT molecular complexity index is 1070. The summed E-state index contributed by atoms with van der Waals surface area (Å²) in [5, 5.41) is 4.13. The van der Waals surface area contributed by atoms with Gasteiger partial charge in [0.15, 0.2) is 11.3 Å². The monoisotopic (exact) mass is 354 g/mol. The van der Waals surface area contributed by atoms with Crippen LogP contribution in [0.25, 0.3) is 28.3 Å². The molecule has 0 spiro atoms. The van der Waals surface area contributed by atoms with Crippen LogP contribution in [0.2, 0.25) is 0 Å². The van der Waals surface area contributed by atoms with E-state index in [0.717, 1.165) is 21.7 Å². The quantitative estimate of drug-likeness (QED) is 0.520. The maximum absolute atomic E-state index is 13.6. The molecule has 3 aromatic heterocycles. The second-order valence-electron chi connectivity index (χ2n) is 5.90. The van der Waals surface area contributed by atoms with Crippen LogP contribution in [0.4, 0.5) is 13.2 Å². The molecular formula is C19H13F3N4. The van der Waals surface area contributed by atoms with Crippen molar-refractivity contribution < 1.29 is 13.2 Å². The third-order valence-corrected chi connectivity index (χ3v) is 3.99. The lowest BCUT2D eigenvalue weighted by molar-refractivity contribution is -0.142. The first-order valence-corrected chi connectivity index (χ1v) is 7.88. The van der Waals surface area contributed by atoms with Crippen LogP contribution in [0.5, 0.6) is 0 Å². The summed E-state index contributed by atoms with van der Waals surface area (Å²) in [6.07, 6.45) is -3.05. The smallest absolute Gasteiger partial charge is 0.255 e. The fraction of sp³-hybridized carbons (Fsp3) is 0.105. The van der Waals surface area contributed by atoms with Crippen molar-refractivity contribution in [2.75, 3.05) is 0 Å². The molecule has 0 saturated heterocycles. The molecule has 130 valence electrons. The highest BCUT2D eigenvalue weighted by Gasteiger charge is 2.35. The van der Waals surface area contributed by atoms with Crippen LogP contribution in [0, 0.1) is 6.92 Å². The van der Waals surface area contributed by atoms with Crippen molar-refractivity contribution in [1.29, 1.82) is 0 Å². The minimum absolute atomic E-state index is 0.121. The number of aromatic nitrogens is 4. The van der Waals surface area contributed by atoms with E-state index in [4.69, 9.17) is 0 Å². The van der Waals surface area contributed by atoms with Gasteiger partial charge in [-0.15, -0.1) is 0 Å². The maximum atomic E-state index is 13.6. The van der Waals surface area contributed by atoms with Gasteiger partial charge >= 0.3 is 6.18 Å². The van der Waals surface area contributed by atoms with E-state index in [1.807, 2.05) is 31.2 Å². The minimum atomic E-state index is -4.57. The Labute approximate surface area is 147 Å². The van der Waals surface area contributed by atoms with Crippen molar-refractivity contribution in [2.24, 2.45) is 0 Å². The molecule has 3 heterocycles. The summed E-state index contributed by atoms with van der Waals surface area (Å²) in [6, 6.07) is 15.0. The van der Waals surface area contributed by atoms with Crippen LogP contribution in [0.3, 0.4) is 0 Å². The highest BCUT2D eigenvalue weighted by molar-refractivity contribution is 5.67. The number of rotatable bonds is 2. The minimum Gasteiger partial charge on any atom is -0.255 e. The topological polar surface area (TPSA) is 43.1 Å².